The molecule has 0 N–H and O–H groups in total. The first-order valence-electron chi connectivity index (χ1n) is 8.49. The van der Waals surface area contributed by atoms with Crippen molar-refractivity contribution in [2.24, 2.45) is 0 Å². The van der Waals surface area contributed by atoms with E-state index in [4.69, 9.17) is 0 Å². The zero-order chi connectivity index (χ0) is 17.2. The Hall–Kier alpha value is -2.95. The van der Waals surface area contributed by atoms with Crippen LogP contribution in [-0.2, 0) is 11.2 Å². The van der Waals surface area contributed by atoms with Gasteiger partial charge in [0, 0.05) is 18.7 Å². The highest BCUT2D eigenvalue weighted by Crippen LogP contribution is 2.27. The van der Waals surface area contributed by atoms with Crippen molar-refractivity contribution >= 4 is 5.91 Å². The molecule has 1 aliphatic rings. The molecule has 0 bridgehead atoms. The Morgan fingerprint density at radius 3 is 2.56 bits per heavy atom. The molecule has 3 aromatic rings. The minimum absolute atomic E-state index is 0.180. The molecule has 25 heavy (non-hydrogen) atoms. The molecule has 0 radical (unpaired) electrons. The second-order valence-corrected chi connectivity index (χ2v) is 6.48. The molecule has 4 rings (SSSR count). The van der Waals surface area contributed by atoms with Gasteiger partial charge in [0.05, 0.1) is 12.5 Å². The van der Waals surface area contributed by atoms with Crippen LogP contribution in [0.1, 0.15) is 17.2 Å². The molecular formula is C20H20N4O. The number of carbonyl (C=O) groups excluding carboxylic acids is 1. The fourth-order valence-corrected chi connectivity index (χ4v) is 3.22. The van der Waals surface area contributed by atoms with Gasteiger partial charge in [-0.2, -0.15) is 0 Å². The highest BCUT2D eigenvalue weighted by atomic mass is 16.2. The summed E-state index contributed by atoms with van der Waals surface area (Å²) in [4.78, 5) is 14.4. The summed E-state index contributed by atoms with van der Waals surface area (Å²) >= 11 is 0. The highest BCUT2D eigenvalue weighted by molar-refractivity contribution is 5.80. The number of nitrogens with zero attached hydrogens (tertiary/aromatic N) is 4. The number of rotatable bonds is 4. The molecular weight excluding hydrogens is 312 g/mol. The minimum atomic E-state index is 0.180. The summed E-state index contributed by atoms with van der Waals surface area (Å²) in [7, 11) is 0. The summed E-state index contributed by atoms with van der Waals surface area (Å²) in [6, 6.07) is 18.3. The summed E-state index contributed by atoms with van der Waals surface area (Å²) in [6.07, 6.45) is 2.23. The van der Waals surface area contributed by atoms with E-state index >= 15 is 0 Å². The third kappa shape index (κ3) is 3.05. The van der Waals surface area contributed by atoms with Gasteiger partial charge in [-0.1, -0.05) is 54.6 Å². The molecule has 1 saturated heterocycles. The van der Waals surface area contributed by atoms with Gasteiger partial charge in [0.2, 0.25) is 5.91 Å². The van der Waals surface area contributed by atoms with E-state index in [-0.39, 0.29) is 11.9 Å². The van der Waals surface area contributed by atoms with E-state index in [2.05, 4.69) is 14.8 Å². The molecule has 0 unspecified atom stereocenters. The van der Waals surface area contributed by atoms with Crippen LogP contribution in [0.3, 0.4) is 0 Å². The molecule has 5 heteroatoms. The van der Waals surface area contributed by atoms with Crippen LogP contribution >= 0.6 is 0 Å². The number of likely N-dealkylation sites (tertiary alicyclic amines) is 1. The number of hydrogen-bond donors (Lipinski definition) is 0. The van der Waals surface area contributed by atoms with Crippen LogP contribution in [-0.4, -0.2) is 38.7 Å². The summed E-state index contributed by atoms with van der Waals surface area (Å²) in [5.41, 5.74) is 3.31. The van der Waals surface area contributed by atoms with Crippen LogP contribution in [0.25, 0.3) is 11.4 Å². The molecule has 0 spiro atoms. The van der Waals surface area contributed by atoms with Crippen molar-refractivity contribution in [3.8, 4) is 11.4 Å². The standard InChI is InChI=1S/C20H20N4O/c1-15-7-5-6-10-17(15)11-19(25)23-12-18(13-23)24-14-21-22-20(24)16-8-3-2-4-9-16/h2-10,14,18H,11-13H2,1H3. The van der Waals surface area contributed by atoms with E-state index in [1.165, 1.54) is 0 Å². The van der Waals surface area contributed by atoms with Gasteiger partial charge in [0.25, 0.3) is 0 Å². The summed E-state index contributed by atoms with van der Waals surface area (Å²) < 4.78 is 2.08. The largest absolute Gasteiger partial charge is 0.338 e. The van der Waals surface area contributed by atoms with Crippen LogP contribution in [0.5, 0.6) is 0 Å². The predicted molar refractivity (Wildman–Crippen MR) is 96.0 cm³/mol. The molecule has 5 nitrogen and oxygen atoms in total. The van der Waals surface area contributed by atoms with Crippen LogP contribution in [0.4, 0.5) is 0 Å². The quantitative estimate of drug-likeness (QED) is 0.738. The van der Waals surface area contributed by atoms with Crippen molar-refractivity contribution in [3.05, 3.63) is 72.1 Å². The van der Waals surface area contributed by atoms with Crippen molar-refractivity contribution in [2.75, 3.05) is 13.1 Å². The molecule has 2 heterocycles. The maximum absolute atomic E-state index is 12.5. The first kappa shape index (κ1) is 15.6. The molecule has 0 atom stereocenters. The smallest absolute Gasteiger partial charge is 0.227 e. The van der Waals surface area contributed by atoms with E-state index < -0.39 is 0 Å². The van der Waals surface area contributed by atoms with E-state index in [1.807, 2.05) is 66.4 Å². The number of aromatic nitrogens is 3. The number of hydrogen-bond acceptors (Lipinski definition) is 3. The van der Waals surface area contributed by atoms with Crippen LogP contribution < -0.4 is 0 Å². The van der Waals surface area contributed by atoms with Crippen LogP contribution in [0.2, 0.25) is 0 Å². The van der Waals surface area contributed by atoms with Crippen molar-refractivity contribution in [3.63, 3.8) is 0 Å². The van der Waals surface area contributed by atoms with E-state index in [9.17, 15) is 4.79 Å². The lowest BCUT2D eigenvalue weighted by molar-refractivity contribution is -0.136. The molecule has 0 aliphatic carbocycles. The summed E-state index contributed by atoms with van der Waals surface area (Å²) in [5, 5.41) is 8.31. The van der Waals surface area contributed by atoms with Gasteiger partial charge >= 0.3 is 0 Å². The monoisotopic (exact) mass is 332 g/mol. The molecule has 1 aromatic heterocycles. The predicted octanol–water partition coefficient (Wildman–Crippen LogP) is 2.88. The lowest BCUT2D eigenvalue weighted by Gasteiger charge is -2.40. The van der Waals surface area contributed by atoms with Gasteiger partial charge < -0.3 is 9.47 Å². The second-order valence-electron chi connectivity index (χ2n) is 6.48. The summed E-state index contributed by atoms with van der Waals surface area (Å²) in [6.45, 7) is 3.47. The van der Waals surface area contributed by atoms with Crippen molar-refractivity contribution in [1.82, 2.24) is 19.7 Å². The molecule has 1 aliphatic heterocycles. The first-order chi connectivity index (χ1) is 12.2. The third-order valence-corrected chi connectivity index (χ3v) is 4.82. The Morgan fingerprint density at radius 2 is 1.80 bits per heavy atom. The molecule has 0 saturated carbocycles. The lowest BCUT2D eigenvalue weighted by Crippen LogP contribution is -2.51. The van der Waals surface area contributed by atoms with Crippen LogP contribution in [0, 0.1) is 6.92 Å². The molecule has 126 valence electrons. The highest BCUT2D eigenvalue weighted by Gasteiger charge is 2.33. The third-order valence-electron chi connectivity index (χ3n) is 4.82. The van der Waals surface area contributed by atoms with Crippen molar-refractivity contribution < 1.29 is 4.79 Å². The SMILES string of the molecule is Cc1ccccc1CC(=O)N1CC(n2cnnc2-c2ccccc2)C1. The van der Waals surface area contributed by atoms with E-state index in [1.54, 1.807) is 6.33 Å². The lowest BCUT2D eigenvalue weighted by atomic mass is 10.0. The van der Waals surface area contributed by atoms with Crippen molar-refractivity contribution in [2.45, 2.75) is 19.4 Å². The van der Waals surface area contributed by atoms with E-state index in [0.717, 1.165) is 22.5 Å². The average molecular weight is 332 g/mol. The second kappa shape index (κ2) is 6.51. The topological polar surface area (TPSA) is 51.0 Å². The number of carbonyl (C=O) groups is 1. The fourth-order valence-electron chi connectivity index (χ4n) is 3.22. The van der Waals surface area contributed by atoms with Gasteiger partial charge in [0.15, 0.2) is 5.82 Å². The minimum Gasteiger partial charge on any atom is -0.338 e. The maximum Gasteiger partial charge on any atom is 0.227 e. The van der Waals surface area contributed by atoms with Gasteiger partial charge in [-0.15, -0.1) is 10.2 Å². The number of benzene rings is 2. The van der Waals surface area contributed by atoms with Crippen LogP contribution in [0.15, 0.2) is 60.9 Å². The van der Waals surface area contributed by atoms with Gasteiger partial charge in [-0.25, -0.2) is 0 Å². The number of aryl methyl sites for hydroxylation is 1. The Kier molecular flexibility index (Phi) is 4.06. The van der Waals surface area contributed by atoms with E-state index in [0.29, 0.717) is 19.5 Å². The Labute approximate surface area is 146 Å². The van der Waals surface area contributed by atoms with Gasteiger partial charge in [-0.05, 0) is 18.1 Å². The summed E-state index contributed by atoms with van der Waals surface area (Å²) in [5.74, 6) is 1.04. The van der Waals surface area contributed by atoms with Gasteiger partial charge in [-0.3, -0.25) is 4.79 Å². The average Bonchev–Trinajstić information content (AvgIpc) is 3.06. The van der Waals surface area contributed by atoms with Gasteiger partial charge in [0.1, 0.15) is 6.33 Å². The first-order valence-corrected chi connectivity index (χ1v) is 8.49. The van der Waals surface area contributed by atoms with Crippen molar-refractivity contribution in [1.29, 1.82) is 0 Å². The Balaban J connectivity index is 1.42. The maximum atomic E-state index is 12.5. The Morgan fingerprint density at radius 1 is 1.08 bits per heavy atom. The normalized spacial score (nSPS) is 14.4. The molecule has 2 aromatic carbocycles. The zero-order valence-electron chi connectivity index (χ0n) is 14.2. The number of amides is 1. The Bertz CT molecular complexity index is 881. The molecule has 1 fully saturated rings. The zero-order valence-corrected chi connectivity index (χ0v) is 14.2. The fraction of sp³-hybridized carbons (Fsp3) is 0.250. The molecule has 1 amide bonds.